The monoisotopic (exact) mass is 608 g/mol. The van der Waals surface area contributed by atoms with Crippen molar-refractivity contribution >= 4 is 34.8 Å². The van der Waals surface area contributed by atoms with Crippen molar-refractivity contribution in [1.29, 1.82) is 0 Å². The first-order valence-corrected chi connectivity index (χ1v) is 13.6. The zero-order valence-electron chi connectivity index (χ0n) is 23.2. The Morgan fingerprint density at radius 3 is 2.37 bits per heavy atom. The average Bonchev–Trinajstić information content (AvgIpc) is 3.71. The van der Waals surface area contributed by atoms with Gasteiger partial charge in [-0.15, -0.1) is 0 Å². The minimum Gasteiger partial charge on any atom is -0.508 e. The number of fused-ring (bicyclic) bond motifs is 3. The van der Waals surface area contributed by atoms with E-state index in [1.165, 1.54) is 19.0 Å². The first kappa shape index (κ1) is 30.5. The Bertz CT molecular complexity index is 1510. The van der Waals surface area contributed by atoms with Gasteiger partial charge in [0.1, 0.15) is 22.8 Å². The summed E-state index contributed by atoms with van der Waals surface area (Å²) in [7, 11) is 2.81. The number of rotatable bonds is 7. The molecule has 0 aromatic heterocycles. The molecule has 2 saturated carbocycles. The summed E-state index contributed by atoms with van der Waals surface area (Å²) in [5, 5.41) is 49.9. The maximum Gasteiger partial charge on any atom is 0.416 e. The van der Waals surface area contributed by atoms with E-state index in [4.69, 9.17) is 5.73 Å². The number of aliphatic hydroxyl groups is 3. The summed E-state index contributed by atoms with van der Waals surface area (Å²) in [6.07, 6.45) is -3.92. The number of hydrogen-bond acceptors (Lipinski definition) is 10. The van der Waals surface area contributed by atoms with E-state index in [1.807, 2.05) is 0 Å². The highest BCUT2D eigenvalue weighted by Crippen LogP contribution is 2.55. The number of alkyl halides is 3. The van der Waals surface area contributed by atoms with Gasteiger partial charge in [0.05, 0.1) is 29.4 Å². The molecule has 12 nitrogen and oxygen atoms in total. The summed E-state index contributed by atoms with van der Waals surface area (Å²) >= 11 is 0. The van der Waals surface area contributed by atoms with E-state index >= 15 is 0 Å². The van der Waals surface area contributed by atoms with Crippen molar-refractivity contribution < 1.29 is 52.8 Å². The molecule has 232 valence electrons. The highest BCUT2D eigenvalue weighted by atomic mass is 19.4. The number of anilines is 1. The van der Waals surface area contributed by atoms with Crippen LogP contribution >= 0.6 is 0 Å². The Kier molecular flexibility index (Phi) is 7.34. The Morgan fingerprint density at radius 2 is 1.81 bits per heavy atom. The van der Waals surface area contributed by atoms with Crippen LogP contribution in [-0.2, 0) is 31.8 Å². The van der Waals surface area contributed by atoms with E-state index in [9.17, 15) is 52.8 Å². The zero-order valence-corrected chi connectivity index (χ0v) is 23.2. The van der Waals surface area contributed by atoms with Gasteiger partial charge in [-0.25, -0.2) is 0 Å². The van der Waals surface area contributed by atoms with Gasteiger partial charge in [-0.1, -0.05) is 0 Å². The predicted molar refractivity (Wildman–Crippen MR) is 143 cm³/mol. The highest BCUT2D eigenvalue weighted by Gasteiger charge is 2.64. The quantitative estimate of drug-likeness (QED) is 0.172. The second-order valence-corrected chi connectivity index (χ2v) is 11.8. The van der Waals surface area contributed by atoms with Crippen molar-refractivity contribution in [1.82, 2.24) is 10.2 Å². The van der Waals surface area contributed by atoms with Crippen molar-refractivity contribution in [2.24, 2.45) is 23.5 Å². The van der Waals surface area contributed by atoms with Crippen LogP contribution in [0.3, 0.4) is 0 Å². The van der Waals surface area contributed by atoms with Gasteiger partial charge in [0.25, 0.3) is 5.91 Å². The number of hydrogen-bond donors (Lipinski definition) is 7. The molecule has 0 aliphatic heterocycles. The van der Waals surface area contributed by atoms with Crippen LogP contribution < -0.4 is 16.4 Å². The third kappa shape index (κ3) is 4.84. The number of halogens is 3. The number of nitrogens with zero attached hydrogens (tertiary/aromatic N) is 1. The number of amides is 2. The van der Waals surface area contributed by atoms with Crippen LogP contribution in [0.2, 0.25) is 0 Å². The van der Waals surface area contributed by atoms with E-state index < -0.39 is 110 Å². The standard InChI is InChI=1S/C28H31F3N4O8/c1-35(2)20-14-6-11-5-12-13(28(29,30)31)7-15(34-16(36)9-33-8-10-3-4-10)21(37)18(12)22(38)17(11)24(40)27(14,43)25(41)19(23(20)39)26(32)42/h7,10-11,14,20,33,37-38,41,43H,3-6,8-9H2,1-2H3,(H2,32,42)(H,34,36)/t11-,14-,20-,27-/m0/s1. The minimum absolute atomic E-state index is 0.254. The number of carbonyl (C=O) groups is 4. The number of primary amides is 1. The molecule has 43 heavy (non-hydrogen) atoms. The van der Waals surface area contributed by atoms with E-state index in [2.05, 4.69) is 10.6 Å². The molecular formula is C28H31F3N4O8. The molecule has 4 aliphatic carbocycles. The van der Waals surface area contributed by atoms with Crippen LogP contribution in [-0.4, -0.2) is 87.5 Å². The van der Waals surface area contributed by atoms with Gasteiger partial charge >= 0.3 is 6.18 Å². The van der Waals surface area contributed by atoms with Gasteiger partial charge in [0, 0.05) is 11.5 Å². The van der Waals surface area contributed by atoms with E-state index in [0.717, 1.165) is 12.8 Å². The van der Waals surface area contributed by atoms with Crippen LogP contribution in [0.15, 0.2) is 23.0 Å². The number of nitrogens with two attached hydrogens (primary N) is 1. The number of Topliss-reactive ketones (excluding diaryl/α,β-unsaturated/α-hetero) is 2. The van der Waals surface area contributed by atoms with Gasteiger partial charge in [-0.05, 0) is 69.8 Å². The molecule has 0 saturated heterocycles. The Balaban J connectivity index is 1.64. The lowest BCUT2D eigenvalue weighted by molar-refractivity contribution is -0.153. The molecule has 5 rings (SSSR count). The number of carbonyl (C=O) groups excluding carboxylic acids is 4. The molecule has 0 spiro atoms. The minimum atomic E-state index is -5.01. The number of nitrogens with one attached hydrogen (secondary N) is 2. The summed E-state index contributed by atoms with van der Waals surface area (Å²) in [5.41, 5.74) is -2.54. The smallest absolute Gasteiger partial charge is 0.416 e. The molecule has 1 aromatic carbocycles. The number of aromatic hydroxyl groups is 1. The lowest BCUT2D eigenvalue weighted by atomic mass is 9.57. The highest BCUT2D eigenvalue weighted by molar-refractivity contribution is 6.24. The fourth-order valence-electron chi connectivity index (χ4n) is 6.57. The summed E-state index contributed by atoms with van der Waals surface area (Å²) in [6, 6.07) is -0.828. The Hall–Kier alpha value is -3.95. The molecule has 1 aromatic rings. The molecule has 0 heterocycles. The van der Waals surface area contributed by atoms with Crippen molar-refractivity contribution in [2.45, 2.75) is 43.5 Å². The number of phenolic OH excluding ortho intramolecular Hbond substituents is 1. The lowest BCUT2D eigenvalue weighted by Gasteiger charge is -2.50. The van der Waals surface area contributed by atoms with E-state index in [0.29, 0.717) is 18.5 Å². The maximum absolute atomic E-state index is 14.3. The SMILES string of the molecule is CN(C)[C@@H]1C(=O)C(C(N)=O)=C(O)[C@@]2(O)C(=O)C3=C(O)c4c(O)c(NC(=O)CNCC5CC5)cc(C(F)(F)F)c4C[C@H]3C[C@@H]12. The molecule has 15 heteroatoms. The van der Waals surface area contributed by atoms with Crippen LogP contribution in [0.5, 0.6) is 5.75 Å². The topological polar surface area (TPSA) is 203 Å². The van der Waals surface area contributed by atoms with Crippen molar-refractivity contribution in [3.8, 4) is 5.75 Å². The number of likely N-dealkylation sites (N-methyl/N-ethyl adjacent to an activating group) is 1. The van der Waals surface area contributed by atoms with Gasteiger partial charge in [-0.2, -0.15) is 13.2 Å². The third-order valence-electron chi connectivity index (χ3n) is 8.72. The van der Waals surface area contributed by atoms with Crippen molar-refractivity contribution in [2.75, 3.05) is 32.5 Å². The van der Waals surface area contributed by atoms with Crippen LogP contribution in [0, 0.1) is 17.8 Å². The summed E-state index contributed by atoms with van der Waals surface area (Å²) < 4.78 is 43.0. The number of ketones is 2. The molecule has 8 N–H and O–H groups in total. The second-order valence-electron chi connectivity index (χ2n) is 11.8. The Morgan fingerprint density at radius 1 is 1.16 bits per heavy atom. The summed E-state index contributed by atoms with van der Waals surface area (Å²) in [5.74, 6) is -10.1. The van der Waals surface area contributed by atoms with Crippen LogP contribution in [0.25, 0.3) is 5.76 Å². The number of phenols is 1. The zero-order chi connectivity index (χ0) is 31.8. The average molecular weight is 609 g/mol. The summed E-state index contributed by atoms with van der Waals surface area (Å²) in [6.45, 7) is 0.284. The lowest BCUT2D eigenvalue weighted by Crippen LogP contribution is -2.65. The number of benzene rings is 1. The fourth-order valence-corrected chi connectivity index (χ4v) is 6.57. The van der Waals surface area contributed by atoms with Gasteiger partial charge in [-0.3, -0.25) is 24.1 Å². The van der Waals surface area contributed by atoms with Crippen molar-refractivity contribution in [3.05, 3.63) is 39.7 Å². The molecule has 2 fully saturated rings. The molecule has 4 atom stereocenters. The maximum atomic E-state index is 14.3. The fraction of sp³-hybridized carbons (Fsp3) is 0.500. The molecule has 4 aliphatic rings. The molecule has 2 amide bonds. The van der Waals surface area contributed by atoms with Crippen molar-refractivity contribution in [3.63, 3.8) is 0 Å². The van der Waals surface area contributed by atoms with Gasteiger partial charge < -0.3 is 36.8 Å². The van der Waals surface area contributed by atoms with Crippen LogP contribution in [0.4, 0.5) is 18.9 Å². The first-order valence-electron chi connectivity index (χ1n) is 13.6. The number of aliphatic hydroxyl groups excluding tert-OH is 2. The van der Waals surface area contributed by atoms with Gasteiger partial charge in [0.15, 0.2) is 11.4 Å². The molecule has 0 bridgehead atoms. The normalized spacial score (nSPS) is 27.2. The Labute approximate surface area is 243 Å². The third-order valence-corrected chi connectivity index (χ3v) is 8.72. The first-order chi connectivity index (χ1) is 20.0. The molecular weight excluding hydrogens is 577 g/mol. The van der Waals surface area contributed by atoms with Crippen LogP contribution in [0.1, 0.15) is 36.0 Å². The van der Waals surface area contributed by atoms with E-state index in [-0.39, 0.29) is 13.0 Å². The second kappa shape index (κ2) is 10.3. The largest absolute Gasteiger partial charge is 0.508 e. The molecule has 0 radical (unpaired) electrons. The van der Waals surface area contributed by atoms with Gasteiger partial charge in [0.2, 0.25) is 11.7 Å². The summed E-state index contributed by atoms with van der Waals surface area (Å²) in [4.78, 5) is 52.9. The molecule has 0 unspecified atom stereocenters. The van der Waals surface area contributed by atoms with E-state index in [1.54, 1.807) is 0 Å². The predicted octanol–water partition coefficient (Wildman–Crippen LogP) is 0.921.